The number of carbonyl (C=O) groups excluding carboxylic acids is 2. The van der Waals surface area contributed by atoms with Gasteiger partial charge in [0.15, 0.2) is 11.5 Å². The fourth-order valence-electron chi connectivity index (χ4n) is 6.54. The summed E-state index contributed by atoms with van der Waals surface area (Å²) in [5.41, 5.74) is 4.81. The summed E-state index contributed by atoms with van der Waals surface area (Å²) in [5.74, 6) is -0.132. The lowest BCUT2D eigenvalue weighted by atomic mass is 10.0. The van der Waals surface area contributed by atoms with E-state index in [9.17, 15) is 18.0 Å². The summed E-state index contributed by atoms with van der Waals surface area (Å²) in [6.45, 7) is 5.33. The molecule has 0 unspecified atom stereocenters. The molecule has 0 heterocycles. The summed E-state index contributed by atoms with van der Waals surface area (Å²) in [4.78, 5) is 30.5. The van der Waals surface area contributed by atoms with Crippen molar-refractivity contribution >= 4 is 27.5 Å². The van der Waals surface area contributed by atoms with Gasteiger partial charge in [-0.05, 0) is 80.1 Å². The average Bonchev–Trinajstić information content (AvgIpc) is 3.62. The van der Waals surface area contributed by atoms with Gasteiger partial charge < -0.3 is 19.7 Å². The van der Waals surface area contributed by atoms with Crippen molar-refractivity contribution in [3.05, 3.63) is 119 Å². The van der Waals surface area contributed by atoms with Crippen molar-refractivity contribution < 1.29 is 27.5 Å². The molecule has 1 saturated carbocycles. The predicted octanol–water partition coefficient (Wildman–Crippen LogP) is 6.52. The molecule has 9 nitrogen and oxygen atoms in total. The summed E-state index contributed by atoms with van der Waals surface area (Å²) in [6.07, 6.45) is 4.13. The Hall–Kier alpha value is -4.83. The van der Waals surface area contributed by atoms with E-state index in [1.165, 1.54) is 32.4 Å². The zero-order valence-electron chi connectivity index (χ0n) is 29.5. The summed E-state index contributed by atoms with van der Waals surface area (Å²) < 4.78 is 41.1. The summed E-state index contributed by atoms with van der Waals surface area (Å²) >= 11 is 0. The van der Waals surface area contributed by atoms with Crippen LogP contribution in [0.4, 0.5) is 5.69 Å². The molecule has 264 valence electrons. The van der Waals surface area contributed by atoms with Crippen LogP contribution in [-0.4, -0.2) is 58.0 Å². The number of hydrogen-bond donors (Lipinski definition) is 1. The highest BCUT2D eigenvalue weighted by Crippen LogP contribution is 2.33. The van der Waals surface area contributed by atoms with Gasteiger partial charge in [-0.3, -0.25) is 13.9 Å². The second-order valence-corrected chi connectivity index (χ2v) is 14.9. The number of ether oxygens (including phenoxy) is 2. The highest BCUT2D eigenvalue weighted by Gasteiger charge is 2.36. The Balaban J connectivity index is 1.60. The van der Waals surface area contributed by atoms with E-state index in [-0.39, 0.29) is 35.6 Å². The van der Waals surface area contributed by atoms with E-state index in [1.807, 2.05) is 81.4 Å². The second-order valence-electron chi connectivity index (χ2n) is 13.1. The molecule has 0 saturated heterocycles. The van der Waals surface area contributed by atoms with E-state index in [4.69, 9.17) is 9.47 Å². The number of amides is 2. The quantitative estimate of drug-likeness (QED) is 0.161. The first-order valence-corrected chi connectivity index (χ1v) is 18.4. The lowest BCUT2D eigenvalue weighted by molar-refractivity contribution is -0.140. The Morgan fingerprint density at radius 3 is 2.04 bits per heavy atom. The SMILES string of the molecule is COc1ccc(S(=O)(=O)N(CC(=O)N(Cc2ccc(C)cc2)[C@@H](Cc2ccccc2)C(=O)NC2CCCC2)c2cc(C)cc(C)c2)cc1OC. The van der Waals surface area contributed by atoms with Crippen molar-refractivity contribution in [1.82, 2.24) is 10.2 Å². The van der Waals surface area contributed by atoms with E-state index in [0.717, 1.165) is 57.8 Å². The van der Waals surface area contributed by atoms with Gasteiger partial charge in [-0.1, -0.05) is 79.1 Å². The largest absolute Gasteiger partial charge is 0.493 e. The molecule has 1 N–H and O–H groups in total. The molecule has 2 amide bonds. The molecule has 0 radical (unpaired) electrons. The molecule has 10 heteroatoms. The molecular formula is C40H47N3O6S. The molecule has 5 rings (SSSR count). The zero-order chi connectivity index (χ0) is 35.8. The van der Waals surface area contributed by atoms with Crippen molar-refractivity contribution in [3.8, 4) is 11.5 Å². The van der Waals surface area contributed by atoms with Crippen LogP contribution in [0, 0.1) is 20.8 Å². The van der Waals surface area contributed by atoms with Gasteiger partial charge in [0, 0.05) is 25.1 Å². The van der Waals surface area contributed by atoms with Crippen LogP contribution >= 0.6 is 0 Å². The molecule has 50 heavy (non-hydrogen) atoms. The number of hydrogen-bond acceptors (Lipinski definition) is 6. The topological polar surface area (TPSA) is 105 Å². The Kier molecular flexibility index (Phi) is 11.8. The van der Waals surface area contributed by atoms with Crippen LogP contribution in [-0.2, 0) is 32.6 Å². The Morgan fingerprint density at radius 2 is 1.42 bits per heavy atom. The summed E-state index contributed by atoms with van der Waals surface area (Å²) in [6, 6.07) is 26.3. The third kappa shape index (κ3) is 8.84. The van der Waals surface area contributed by atoms with E-state index >= 15 is 0 Å². The lowest BCUT2D eigenvalue weighted by Crippen LogP contribution is -2.54. The number of benzene rings is 4. The Bertz CT molecular complexity index is 1870. The molecule has 1 atom stereocenters. The standard InChI is InChI=1S/C40H47N3O6S/c1-28-15-17-32(18-16-28)26-42(36(24-31-11-7-6-8-12-31)40(45)41-33-13-9-10-14-33)39(44)27-43(34-22-29(2)21-30(3)23-34)50(46,47)35-19-20-37(48-4)38(25-35)49-5/h6-8,11-12,15-23,25,33,36H,9-10,13-14,24,26-27H2,1-5H3,(H,41,45)/t36-/m0/s1. The minimum absolute atomic E-state index is 0.0364. The maximum atomic E-state index is 14.8. The van der Waals surface area contributed by atoms with Gasteiger partial charge in [0.2, 0.25) is 11.8 Å². The van der Waals surface area contributed by atoms with Gasteiger partial charge in [0.05, 0.1) is 24.8 Å². The molecule has 4 aromatic rings. The Morgan fingerprint density at radius 1 is 0.780 bits per heavy atom. The van der Waals surface area contributed by atoms with Crippen LogP contribution < -0.4 is 19.1 Å². The van der Waals surface area contributed by atoms with E-state index < -0.39 is 28.5 Å². The summed E-state index contributed by atoms with van der Waals surface area (Å²) in [5, 5.41) is 3.22. The van der Waals surface area contributed by atoms with E-state index in [2.05, 4.69) is 5.32 Å². The van der Waals surface area contributed by atoms with E-state index in [0.29, 0.717) is 11.4 Å². The van der Waals surface area contributed by atoms with E-state index in [1.54, 1.807) is 17.0 Å². The molecule has 0 aliphatic heterocycles. The monoisotopic (exact) mass is 697 g/mol. The highest BCUT2D eigenvalue weighted by molar-refractivity contribution is 7.92. The first-order valence-electron chi connectivity index (χ1n) is 17.0. The number of nitrogens with one attached hydrogen (secondary N) is 1. The number of methoxy groups -OCH3 is 2. The third-order valence-electron chi connectivity index (χ3n) is 9.16. The number of anilines is 1. The first kappa shape index (κ1) is 36.5. The fourth-order valence-corrected chi connectivity index (χ4v) is 7.95. The minimum atomic E-state index is -4.33. The average molecular weight is 698 g/mol. The second kappa shape index (κ2) is 16.3. The van der Waals surface area contributed by atoms with Crippen molar-refractivity contribution in [2.24, 2.45) is 0 Å². The highest BCUT2D eigenvalue weighted by atomic mass is 32.2. The van der Waals surface area contributed by atoms with Crippen molar-refractivity contribution in [2.75, 3.05) is 25.1 Å². The maximum absolute atomic E-state index is 14.8. The van der Waals surface area contributed by atoms with Gasteiger partial charge >= 0.3 is 0 Å². The van der Waals surface area contributed by atoms with Gasteiger partial charge in [-0.25, -0.2) is 8.42 Å². The fraction of sp³-hybridized carbons (Fsp3) is 0.350. The predicted molar refractivity (Wildman–Crippen MR) is 196 cm³/mol. The smallest absolute Gasteiger partial charge is 0.264 e. The molecule has 1 aliphatic rings. The number of rotatable bonds is 14. The van der Waals surface area contributed by atoms with Crippen molar-refractivity contribution in [1.29, 1.82) is 0 Å². The summed E-state index contributed by atoms with van der Waals surface area (Å²) in [7, 11) is -1.41. The molecule has 0 spiro atoms. The van der Waals surface area contributed by atoms with Crippen LogP contribution in [0.25, 0.3) is 0 Å². The van der Waals surface area contributed by atoms with Crippen molar-refractivity contribution in [3.63, 3.8) is 0 Å². The molecule has 0 aromatic heterocycles. The minimum Gasteiger partial charge on any atom is -0.493 e. The molecule has 1 aliphatic carbocycles. The van der Waals surface area contributed by atoms with Crippen LogP contribution in [0.1, 0.15) is 53.5 Å². The zero-order valence-corrected chi connectivity index (χ0v) is 30.3. The molecule has 0 bridgehead atoms. The third-order valence-corrected chi connectivity index (χ3v) is 10.9. The van der Waals surface area contributed by atoms with Gasteiger partial charge in [0.25, 0.3) is 10.0 Å². The van der Waals surface area contributed by atoms with Crippen LogP contribution in [0.15, 0.2) is 95.9 Å². The Labute approximate surface area is 296 Å². The molecular weight excluding hydrogens is 651 g/mol. The number of sulfonamides is 1. The molecule has 1 fully saturated rings. The van der Waals surface area contributed by atoms with Crippen LogP contribution in [0.5, 0.6) is 11.5 Å². The lowest BCUT2D eigenvalue weighted by Gasteiger charge is -2.34. The number of aryl methyl sites for hydroxylation is 3. The van der Waals surface area contributed by atoms with Gasteiger partial charge in [-0.15, -0.1) is 0 Å². The molecule has 4 aromatic carbocycles. The van der Waals surface area contributed by atoms with Gasteiger partial charge in [-0.2, -0.15) is 0 Å². The van der Waals surface area contributed by atoms with Crippen LogP contribution in [0.2, 0.25) is 0 Å². The first-order chi connectivity index (χ1) is 24.0. The normalized spacial score (nSPS) is 13.8. The number of carbonyl (C=O) groups is 2. The van der Waals surface area contributed by atoms with Gasteiger partial charge in [0.1, 0.15) is 12.6 Å². The van der Waals surface area contributed by atoms with Crippen molar-refractivity contribution in [2.45, 2.75) is 76.4 Å². The maximum Gasteiger partial charge on any atom is 0.264 e. The van der Waals surface area contributed by atoms with Crippen LogP contribution in [0.3, 0.4) is 0 Å². The number of nitrogens with zero attached hydrogens (tertiary/aromatic N) is 2.